The third kappa shape index (κ3) is 2.64. The van der Waals surface area contributed by atoms with Crippen molar-refractivity contribution in [2.75, 3.05) is 0 Å². The van der Waals surface area contributed by atoms with Crippen LogP contribution < -0.4 is 5.46 Å². The van der Waals surface area contributed by atoms with Crippen molar-refractivity contribution in [2.24, 2.45) is 17.9 Å². The molecule has 0 atom stereocenters. The third-order valence-electron chi connectivity index (χ3n) is 6.17. The molecule has 1 aliphatic heterocycles. The van der Waals surface area contributed by atoms with Crippen molar-refractivity contribution in [1.82, 2.24) is 14.8 Å². The van der Waals surface area contributed by atoms with E-state index in [4.69, 9.17) is 0 Å². The van der Waals surface area contributed by atoms with Gasteiger partial charge in [-0.25, -0.2) is 4.98 Å². The summed E-state index contributed by atoms with van der Waals surface area (Å²) < 4.78 is 1.77. The summed E-state index contributed by atoms with van der Waals surface area (Å²) >= 11 is 0. The van der Waals surface area contributed by atoms with E-state index in [9.17, 15) is 5.26 Å². The van der Waals surface area contributed by atoms with Crippen LogP contribution in [0, 0.1) is 29.1 Å². The fourth-order valence-corrected chi connectivity index (χ4v) is 3.98. The molecule has 4 nitrogen and oxygen atoms in total. The summed E-state index contributed by atoms with van der Waals surface area (Å²) in [6, 6.07) is 6.18. The Labute approximate surface area is 145 Å². The van der Waals surface area contributed by atoms with Crippen LogP contribution in [-0.4, -0.2) is 21.5 Å². The second-order valence-electron chi connectivity index (χ2n) is 8.43. The first kappa shape index (κ1) is 16.8. The van der Waals surface area contributed by atoms with E-state index >= 15 is 0 Å². The zero-order chi connectivity index (χ0) is 17.7. The molecule has 0 saturated carbocycles. The molecule has 0 bridgehead atoms. The van der Waals surface area contributed by atoms with Crippen LogP contribution in [0.4, 0.5) is 0 Å². The lowest BCUT2D eigenvalue weighted by Crippen LogP contribution is -2.31. The molecule has 2 aromatic rings. The minimum atomic E-state index is 0.283. The van der Waals surface area contributed by atoms with Crippen molar-refractivity contribution in [1.29, 1.82) is 5.26 Å². The van der Waals surface area contributed by atoms with Crippen LogP contribution >= 0.6 is 0 Å². The summed E-state index contributed by atoms with van der Waals surface area (Å²) in [6.07, 6.45) is 4.19. The molecule has 0 spiro atoms. The fourth-order valence-electron chi connectivity index (χ4n) is 3.98. The van der Waals surface area contributed by atoms with Crippen molar-refractivity contribution in [3.8, 4) is 17.5 Å². The molecular formula is C19H25BN4. The normalized spacial score (nSPS) is 18.6. The molecule has 0 N–H and O–H groups in total. The number of rotatable bonds is 2. The Kier molecular flexibility index (Phi) is 3.83. The van der Waals surface area contributed by atoms with Crippen molar-refractivity contribution >= 4 is 12.2 Å². The first-order valence-corrected chi connectivity index (χ1v) is 8.56. The number of nitriles is 1. The van der Waals surface area contributed by atoms with Gasteiger partial charge in [-0.15, -0.1) is 0 Å². The van der Waals surface area contributed by atoms with Crippen LogP contribution in [0.5, 0.6) is 0 Å². The molecule has 124 valence electrons. The van der Waals surface area contributed by atoms with Gasteiger partial charge in [0, 0.05) is 13.2 Å². The van der Waals surface area contributed by atoms with Crippen molar-refractivity contribution in [2.45, 2.75) is 47.3 Å². The lowest BCUT2D eigenvalue weighted by Gasteiger charge is -2.35. The molecule has 0 aliphatic carbocycles. The molecule has 1 aliphatic rings. The first-order valence-electron chi connectivity index (χ1n) is 8.56. The van der Waals surface area contributed by atoms with Gasteiger partial charge in [-0.05, 0) is 35.4 Å². The minimum absolute atomic E-state index is 0.283. The van der Waals surface area contributed by atoms with Crippen LogP contribution in [0.1, 0.15) is 39.0 Å². The van der Waals surface area contributed by atoms with E-state index in [1.807, 2.05) is 25.4 Å². The van der Waals surface area contributed by atoms with Crippen LogP contribution in [-0.2, 0) is 7.05 Å². The van der Waals surface area contributed by atoms with Gasteiger partial charge in [0.1, 0.15) is 17.5 Å². The summed E-state index contributed by atoms with van der Waals surface area (Å²) in [5.41, 5.74) is 5.15. The molecule has 0 amide bonds. The van der Waals surface area contributed by atoms with Gasteiger partial charge in [-0.2, -0.15) is 10.4 Å². The topological polar surface area (TPSA) is 54.5 Å². The van der Waals surface area contributed by atoms with Crippen molar-refractivity contribution in [3.05, 3.63) is 29.6 Å². The number of pyridine rings is 1. The van der Waals surface area contributed by atoms with Crippen molar-refractivity contribution < 1.29 is 0 Å². The Hall–Kier alpha value is -2.09. The number of aryl methyl sites for hydroxylation is 1. The Morgan fingerprint density at radius 1 is 1.21 bits per heavy atom. The zero-order valence-corrected chi connectivity index (χ0v) is 15.5. The Morgan fingerprint density at radius 2 is 1.83 bits per heavy atom. The van der Waals surface area contributed by atoms with Gasteiger partial charge < -0.3 is 0 Å². The van der Waals surface area contributed by atoms with Crippen molar-refractivity contribution in [3.63, 3.8) is 0 Å². The summed E-state index contributed by atoms with van der Waals surface area (Å²) in [5, 5.41) is 13.9. The second-order valence-corrected chi connectivity index (χ2v) is 8.43. The fraction of sp³-hybridized carbons (Fsp3) is 0.526. The summed E-state index contributed by atoms with van der Waals surface area (Å²) in [6.45, 7) is 12.0. The standard InChI is InChI=1S/C19H25BN4/c1-13-15(20-11-18(2,3)19(4,5)12-20)9-14(10-21)22-17(13)16-7-8-24(6)23-16/h7-9H,11-12H2,1-6H3. The van der Waals surface area contributed by atoms with Gasteiger partial charge >= 0.3 is 0 Å². The van der Waals surface area contributed by atoms with Crippen LogP contribution in [0.3, 0.4) is 0 Å². The lowest BCUT2D eigenvalue weighted by molar-refractivity contribution is 0.177. The van der Waals surface area contributed by atoms with Crippen LogP contribution in [0.2, 0.25) is 12.6 Å². The number of nitrogens with zero attached hydrogens (tertiary/aromatic N) is 4. The van der Waals surface area contributed by atoms with Gasteiger partial charge in [-0.3, -0.25) is 4.68 Å². The van der Waals surface area contributed by atoms with Gasteiger partial charge in [0.15, 0.2) is 6.71 Å². The van der Waals surface area contributed by atoms with Gasteiger partial charge in [0.05, 0.1) is 5.69 Å². The smallest absolute Gasteiger partial charge is 0.177 e. The highest BCUT2D eigenvalue weighted by Gasteiger charge is 2.48. The maximum atomic E-state index is 9.44. The van der Waals surface area contributed by atoms with E-state index < -0.39 is 0 Å². The van der Waals surface area contributed by atoms with Gasteiger partial charge in [-0.1, -0.05) is 45.8 Å². The molecule has 1 saturated heterocycles. The molecule has 24 heavy (non-hydrogen) atoms. The molecule has 2 aromatic heterocycles. The van der Waals surface area contributed by atoms with E-state index in [1.54, 1.807) is 4.68 Å². The number of hydrogen-bond donors (Lipinski definition) is 0. The van der Waals surface area contributed by atoms with Gasteiger partial charge in [0.25, 0.3) is 0 Å². The largest absolute Gasteiger partial charge is 0.275 e. The maximum absolute atomic E-state index is 9.44. The predicted octanol–water partition coefficient (Wildman–Crippen LogP) is 3.43. The molecule has 5 heteroatoms. The van der Waals surface area contributed by atoms with Gasteiger partial charge in [0.2, 0.25) is 0 Å². The van der Waals surface area contributed by atoms with E-state index in [2.05, 4.69) is 50.8 Å². The summed E-state index contributed by atoms with van der Waals surface area (Å²) in [7, 11) is 1.90. The minimum Gasteiger partial charge on any atom is -0.275 e. The molecular weight excluding hydrogens is 295 g/mol. The summed E-state index contributed by atoms with van der Waals surface area (Å²) in [4.78, 5) is 4.54. The molecule has 3 heterocycles. The molecule has 0 radical (unpaired) electrons. The third-order valence-corrected chi connectivity index (χ3v) is 6.17. The number of hydrogen-bond acceptors (Lipinski definition) is 3. The van der Waals surface area contributed by atoms with E-state index in [-0.39, 0.29) is 10.8 Å². The monoisotopic (exact) mass is 320 g/mol. The predicted molar refractivity (Wildman–Crippen MR) is 98.5 cm³/mol. The average molecular weight is 320 g/mol. The Bertz CT molecular complexity index is 810. The highest BCUT2D eigenvalue weighted by Crippen LogP contribution is 2.52. The van der Waals surface area contributed by atoms with E-state index in [0.29, 0.717) is 12.4 Å². The van der Waals surface area contributed by atoms with E-state index in [1.165, 1.54) is 5.46 Å². The molecule has 0 aromatic carbocycles. The highest BCUT2D eigenvalue weighted by molar-refractivity contribution is 6.74. The summed E-state index contributed by atoms with van der Waals surface area (Å²) in [5.74, 6) is 0. The quantitative estimate of drug-likeness (QED) is 0.797. The van der Waals surface area contributed by atoms with E-state index in [0.717, 1.165) is 29.6 Å². The molecule has 1 fully saturated rings. The second kappa shape index (κ2) is 5.48. The highest BCUT2D eigenvalue weighted by atomic mass is 15.2. The van der Waals surface area contributed by atoms with Crippen LogP contribution in [0.15, 0.2) is 18.3 Å². The number of aromatic nitrogens is 3. The Balaban J connectivity index is 2.11. The SMILES string of the molecule is Cc1c(B2CC(C)(C)C(C)(C)C2)cc(C#N)nc1-c1ccn(C)n1. The lowest BCUT2D eigenvalue weighted by atomic mass is 9.41. The molecule has 3 rings (SSSR count). The average Bonchev–Trinajstić information content (AvgIpc) is 3.00. The Morgan fingerprint density at radius 3 is 2.33 bits per heavy atom. The molecule has 0 unspecified atom stereocenters. The zero-order valence-electron chi connectivity index (χ0n) is 15.5. The van der Waals surface area contributed by atoms with Crippen LogP contribution in [0.25, 0.3) is 11.4 Å². The maximum Gasteiger partial charge on any atom is 0.177 e. The first-order chi connectivity index (χ1) is 11.1.